The Morgan fingerprint density at radius 2 is 1.23 bits per heavy atom. The minimum atomic E-state index is 0.603. The van der Waals surface area contributed by atoms with Gasteiger partial charge in [-0.15, -0.1) is 0 Å². The van der Waals surface area contributed by atoms with Crippen LogP contribution in [0.15, 0.2) is 95.4 Å². The molecule has 0 bridgehead atoms. The number of aryl methyl sites for hydroxylation is 2. The van der Waals surface area contributed by atoms with Crippen molar-refractivity contribution in [3.05, 3.63) is 107 Å². The lowest BCUT2D eigenvalue weighted by Crippen LogP contribution is -2.35. The minimum absolute atomic E-state index is 0.603. The smallest absolute Gasteiger partial charge is 0.0401 e. The number of anilines is 1. The highest BCUT2D eigenvalue weighted by Gasteiger charge is 2.20. The van der Waals surface area contributed by atoms with Gasteiger partial charge >= 0.3 is 0 Å². The summed E-state index contributed by atoms with van der Waals surface area (Å²) in [5, 5.41) is 0. The predicted molar refractivity (Wildman–Crippen MR) is 216 cm³/mol. The summed E-state index contributed by atoms with van der Waals surface area (Å²) < 4.78 is 0. The molecule has 0 aliphatic carbocycles. The largest absolute Gasteiger partial charge is 0.371 e. The molecule has 2 rings (SSSR count). The second kappa shape index (κ2) is 26.9. The molecular weight excluding hydrogens is 571 g/mol. The van der Waals surface area contributed by atoms with Gasteiger partial charge in [0.2, 0.25) is 0 Å². The lowest BCUT2D eigenvalue weighted by atomic mass is 9.92. The third-order valence-electron chi connectivity index (χ3n) is 8.41. The number of allylic oxidation sites excluding steroid dienone is 5. The van der Waals surface area contributed by atoms with E-state index in [0.717, 1.165) is 23.4 Å². The van der Waals surface area contributed by atoms with Crippen molar-refractivity contribution in [2.24, 2.45) is 0 Å². The first-order valence-corrected chi connectivity index (χ1v) is 18.5. The van der Waals surface area contributed by atoms with Gasteiger partial charge in [-0.2, -0.15) is 0 Å². The fourth-order valence-electron chi connectivity index (χ4n) is 6.17. The highest BCUT2D eigenvalue weighted by Crippen LogP contribution is 2.31. The van der Waals surface area contributed by atoms with Gasteiger partial charge in [-0.1, -0.05) is 115 Å². The van der Waals surface area contributed by atoms with Gasteiger partial charge in [0, 0.05) is 49.0 Å². The molecule has 0 N–H and O–H groups in total. The Balaban J connectivity index is 0. The van der Waals surface area contributed by atoms with Crippen molar-refractivity contribution in [1.29, 1.82) is 0 Å². The van der Waals surface area contributed by atoms with Crippen molar-refractivity contribution in [2.45, 2.75) is 154 Å². The summed E-state index contributed by atoms with van der Waals surface area (Å²) in [6.07, 6.45) is 10.4. The third kappa shape index (κ3) is 17.1. The van der Waals surface area contributed by atoms with Crippen LogP contribution >= 0.6 is 0 Å². The van der Waals surface area contributed by atoms with Crippen molar-refractivity contribution in [3.8, 4) is 0 Å². The Hall–Kier alpha value is -3.07. The summed E-state index contributed by atoms with van der Waals surface area (Å²) in [4.78, 5) is 9.11. The number of hydrogen-bond donors (Lipinski definition) is 0. The van der Waals surface area contributed by atoms with Crippen molar-refractivity contribution in [1.82, 2.24) is 9.88 Å². The van der Waals surface area contributed by atoms with E-state index in [9.17, 15) is 0 Å². The number of aromatic nitrogens is 1. The number of likely N-dealkylation sites (N-methyl/N-ethyl adjacent to an activating group) is 1. The number of rotatable bonds is 15. The zero-order valence-corrected chi connectivity index (χ0v) is 33.7. The second-order valence-electron chi connectivity index (χ2n) is 12.7. The molecule has 0 aliphatic heterocycles. The quantitative estimate of drug-likeness (QED) is 0.180. The number of benzene rings is 1. The molecule has 0 atom stereocenters. The molecule has 1 aromatic carbocycles. The average molecular weight is 646 g/mol. The minimum Gasteiger partial charge on any atom is -0.371 e. The molecule has 0 unspecified atom stereocenters. The molecule has 0 amide bonds. The van der Waals surface area contributed by atoms with Crippen LogP contribution in [0, 0.1) is 13.8 Å². The lowest BCUT2D eigenvalue weighted by Gasteiger charge is -2.34. The van der Waals surface area contributed by atoms with Crippen molar-refractivity contribution in [3.63, 3.8) is 0 Å². The Bertz CT molecular complexity index is 1140. The van der Waals surface area contributed by atoms with Gasteiger partial charge in [-0.25, -0.2) is 0 Å². The molecule has 0 aliphatic rings. The third-order valence-corrected chi connectivity index (χ3v) is 8.41. The predicted octanol–water partition coefficient (Wildman–Crippen LogP) is 13.5. The van der Waals surface area contributed by atoms with Gasteiger partial charge in [-0.05, 0) is 115 Å². The maximum absolute atomic E-state index is 4.16. The van der Waals surface area contributed by atoms with Crippen LogP contribution in [0.25, 0.3) is 0 Å². The molecule has 2 aromatic rings. The first kappa shape index (κ1) is 46.1. The number of hydrogen-bond acceptors (Lipinski definition) is 3. The molecule has 0 saturated heterocycles. The molecule has 1 aromatic heterocycles. The molecular formula is C44H75N3. The van der Waals surface area contributed by atoms with Crippen molar-refractivity contribution >= 4 is 5.69 Å². The topological polar surface area (TPSA) is 19.4 Å². The highest BCUT2D eigenvalue weighted by atomic mass is 15.2. The Morgan fingerprint density at radius 3 is 1.57 bits per heavy atom. The monoisotopic (exact) mass is 646 g/mol. The molecule has 0 radical (unpaired) electrons. The van der Waals surface area contributed by atoms with Gasteiger partial charge in [0.05, 0.1) is 0 Å². The number of pyridine rings is 1. The summed E-state index contributed by atoms with van der Waals surface area (Å²) >= 11 is 0. The standard InChI is InChI=1S/C21H37N.C14H23N.C7H9N.C2H6/c1-11-13-19(14-12-2)22(10)21(17(7)8)18(9)20(15(3)4)16(5)6;1-4-12-15(13(5-2)6-3)14-10-8-7-9-11-14;1-6-4-3-5-8-7(6)2;1-2/h19H,3,5,11-14H2,1-2,4,6-10H3;7-11,13H,4-6,12H2,1-3H3;3-5H,1-2H3;1-2H3. The molecule has 47 heavy (non-hydrogen) atoms. The first-order chi connectivity index (χ1) is 22.3. The van der Waals surface area contributed by atoms with Gasteiger partial charge in [0.25, 0.3) is 0 Å². The van der Waals surface area contributed by atoms with E-state index in [1.807, 2.05) is 33.0 Å². The number of nitrogens with zero attached hydrogens (tertiary/aromatic N) is 3. The van der Waals surface area contributed by atoms with Crippen LogP contribution in [0.3, 0.4) is 0 Å². The molecule has 3 heteroatoms. The van der Waals surface area contributed by atoms with Gasteiger partial charge < -0.3 is 9.80 Å². The van der Waals surface area contributed by atoms with E-state index in [1.165, 1.54) is 78.6 Å². The van der Waals surface area contributed by atoms with Crippen LogP contribution in [0.4, 0.5) is 5.69 Å². The van der Waals surface area contributed by atoms with Crippen LogP contribution in [-0.2, 0) is 0 Å². The fourth-order valence-corrected chi connectivity index (χ4v) is 6.17. The van der Waals surface area contributed by atoms with E-state index < -0.39 is 0 Å². The zero-order valence-electron chi connectivity index (χ0n) is 33.7. The summed E-state index contributed by atoms with van der Waals surface area (Å²) in [7, 11) is 2.25. The van der Waals surface area contributed by atoms with Gasteiger partial charge in [0.15, 0.2) is 0 Å². The van der Waals surface area contributed by atoms with Crippen molar-refractivity contribution in [2.75, 3.05) is 18.5 Å². The van der Waals surface area contributed by atoms with E-state index in [4.69, 9.17) is 0 Å². The Labute approximate surface area is 294 Å². The maximum atomic E-state index is 4.16. The van der Waals surface area contributed by atoms with E-state index in [2.05, 4.69) is 148 Å². The van der Waals surface area contributed by atoms with E-state index in [1.54, 1.807) is 0 Å². The van der Waals surface area contributed by atoms with Crippen molar-refractivity contribution < 1.29 is 0 Å². The van der Waals surface area contributed by atoms with E-state index in [0.29, 0.717) is 12.1 Å². The Morgan fingerprint density at radius 1 is 0.723 bits per heavy atom. The Kier molecular flexibility index (Phi) is 26.4. The summed E-state index contributed by atoms with van der Waals surface area (Å²) in [5.74, 6) is 0. The van der Waals surface area contributed by atoms with Crippen LogP contribution in [0.2, 0.25) is 0 Å². The van der Waals surface area contributed by atoms with E-state index >= 15 is 0 Å². The van der Waals surface area contributed by atoms with E-state index in [-0.39, 0.29) is 0 Å². The number of para-hydroxylation sites is 1. The average Bonchev–Trinajstić information content (AvgIpc) is 3.04. The summed E-state index contributed by atoms with van der Waals surface area (Å²) in [6.45, 7) is 39.7. The summed E-state index contributed by atoms with van der Waals surface area (Å²) in [5.41, 5.74) is 11.2. The molecule has 0 spiro atoms. The van der Waals surface area contributed by atoms with Crippen LogP contribution in [-0.4, -0.2) is 35.6 Å². The maximum Gasteiger partial charge on any atom is 0.0401 e. The highest BCUT2D eigenvalue weighted by molar-refractivity contribution is 5.52. The SMILES string of the molecule is C=C(C)C(C(=C)C)=C(C)C(=C(C)C)N(C)C(CCC)CCC.CC.CCCN(c1ccccc1)C(CC)CC.Cc1cccnc1C. The molecule has 266 valence electrons. The molecule has 3 nitrogen and oxygen atoms in total. The van der Waals surface area contributed by atoms with Gasteiger partial charge in [-0.3, -0.25) is 4.98 Å². The summed E-state index contributed by atoms with van der Waals surface area (Å²) in [6, 6.07) is 16.1. The lowest BCUT2D eigenvalue weighted by molar-refractivity contribution is 0.270. The second-order valence-corrected chi connectivity index (χ2v) is 12.7. The molecule has 1 heterocycles. The van der Waals surface area contributed by atoms with Crippen LogP contribution < -0.4 is 4.90 Å². The first-order valence-electron chi connectivity index (χ1n) is 18.5. The zero-order chi connectivity index (χ0) is 36.5. The van der Waals surface area contributed by atoms with Crippen LogP contribution in [0.1, 0.15) is 139 Å². The fraction of sp³-hybridized carbons (Fsp3) is 0.568. The molecule has 0 fully saturated rings. The van der Waals surface area contributed by atoms with Crippen LogP contribution in [0.5, 0.6) is 0 Å². The molecule has 0 saturated carbocycles. The normalized spacial score (nSPS) is 9.98. The van der Waals surface area contributed by atoms with Gasteiger partial charge in [0.1, 0.15) is 0 Å².